The van der Waals surface area contributed by atoms with Gasteiger partial charge in [0.25, 0.3) is 0 Å². The predicted molar refractivity (Wildman–Crippen MR) is 203 cm³/mol. The average Bonchev–Trinajstić information content (AvgIpc) is 3.76. The van der Waals surface area contributed by atoms with Gasteiger partial charge in [-0.1, -0.05) is 71.4 Å². The first kappa shape index (κ1) is 43.9. The number of carboxylic acids is 1. The molecule has 2 aliphatic heterocycles. The van der Waals surface area contributed by atoms with E-state index in [0.717, 1.165) is 31.4 Å². The third kappa shape index (κ3) is 10.6. The standard InChI is InChI=1S/C40H65N5O8/c1-11-26(4)34(44(8)37(48)33(25(2)3)42-39(51)40(6)20-16-21-43(40)7)31(52-9)24-32(46)45-22-15-19-30(45)35(53-10)27(5)36(47)41-29(38(49)50)23-28-17-13-12-14-18-28/h12-14,17-18,25-27,29-31,33-35H,11,15-16,19-24H2,1-10H3,(H,41,47)(H,42,51)(H,49,50)/t26-,27+,29-,30-,31+,33-,34?,35+,40+/m0/s1. The minimum atomic E-state index is -1.14. The fourth-order valence-electron chi connectivity index (χ4n) is 8.07. The molecule has 2 aliphatic rings. The molecule has 0 radical (unpaired) electrons. The van der Waals surface area contributed by atoms with Crippen molar-refractivity contribution in [3.05, 3.63) is 35.9 Å². The Morgan fingerprint density at radius 3 is 2.19 bits per heavy atom. The van der Waals surface area contributed by atoms with Gasteiger partial charge < -0.3 is 35.0 Å². The maximum absolute atomic E-state index is 14.2. The number of hydrogen-bond acceptors (Lipinski definition) is 8. The van der Waals surface area contributed by atoms with Gasteiger partial charge in [-0.3, -0.25) is 24.1 Å². The van der Waals surface area contributed by atoms with Crippen molar-refractivity contribution in [2.24, 2.45) is 17.8 Å². The van der Waals surface area contributed by atoms with Crippen LogP contribution >= 0.6 is 0 Å². The number of benzene rings is 1. The van der Waals surface area contributed by atoms with Crippen molar-refractivity contribution in [2.75, 3.05) is 41.4 Å². The Hall–Kier alpha value is -3.55. The van der Waals surface area contributed by atoms with Crippen molar-refractivity contribution < 1.29 is 38.6 Å². The summed E-state index contributed by atoms with van der Waals surface area (Å²) in [5.74, 6) is -3.14. The number of likely N-dealkylation sites (tertiary alicyclic amines) is 2. The van der Waals surface area contributed by atoms with E-state index in [-0.39, 0.29) is 42.4 Å². The van der Waals surface area contributed by atoms with Crippen LogP contribution in [0.25, 0.3) is 0 Å². The fourth-order valence-corrected chi connectivity index (χ4v) is 8.07. The highest BCUT2D eigenvalue weighted by Gasteiger charge is 2.45. The lowest BCUT2D eigenvalue weighted by molar-refractivity contribution is -0.148. The summed E-state index contributed by atoms with van der Waals surface area (Å²) in [7, 11) is 6.70. The molecule has 13 nitrogen and oxygen atoms in total. The van der Waals surface area contributed by atoms with E-state index in [0.29, 0.717) is 19.4 Å². The van der Waals surface area contributed by atoms with Crippen molar-refractivity contribution >= 4 is 29.6 Å². The zero-order valence-electron chi connectivity index (χ0n) is 33.6. The van der Waals surface area contributed by atoms with Gasteiger partial charge in [-0.2, -0.15) is 0 Å². The van der Waals surface area contributed by atoms with E-state index in [1.165, 1.54) is 7.11 Å². The number of carbonyl (C=O) groups is 5. The first-order chi connectivity index (χ1) is 25.0. The van der Waals surface area contributed by atoms with Crippen LogP contribution in [-0.2, 0) is 39.9 Å². The first-order valence-electron chi connectivity index (χ1n) is 19.2. The number of nitrogens with one attached hydrogen (secondary N) is 2. The molecule has 2 fully saturated rings. The first-order valence-corrected chi connectivity index (χ1v) is 19.2. The highest BCUT2D eigenvalue weighted by molar-refractivity contribution is 5.92. The van der Waals surface area contributed by atoms with Crippen LogP contribution in [0.1, 0.15) is 85.6 Å². The second-order valence-electron chi connectivity index (χ2n) is 15.7. The molecule has 0 aromatic heterocycles. The molecular formula is C40H65N5O8. The van der Waals surface area contributed by atoms with Crippen LogP contribution in [0.5, 0.6) is 0 Å². The van der Waals surface area contributed by atoms with E-state index < -0.39 is 59.7 Å². The van der Waals surface area contributed by atoms with Gasteiger partial charge in [0.1, 0.15) is 12.1 Å². The van der Waals surface area contributed by atoms with E-state index in [4.69, 9.17) is 9.47 Å². The number of methoxy groups -OCH3 is 2. The van der Waals surface area contributed by atoms with Gasteiger partial charge in [-0.15, -0.1) is 0 Å². The number of hydrogen-bond donors (Lipinski definition) is 3. The minimum Gasteiger partial charge on any atom is -0.480 e. The van der Waals surface area contributed by atoms with Crippen LogP contribution in [0.2, 0.25) is 0 Å². The largest absolute Gasteiger partial charge is 0.480 e. The molecule has 0 spiro atoms. The molecule has 4 amide bonds. The highest BCUT2D eigenvalue weighted by Crippen LogP contribution is 2.31. The van der Waals surface area contributed by atoms with E-state index in [1.54, 1.807) is 30.9 Å². The average molecular weight is 744 g/mol. The number of carboxylic acid groups (broad SMARTS) is 1. The van der Waals surface area contributed by atoms with Crippen LogP contribution in [-0.4, -0.2) is 133 Å². The maximum atomic E-state index is 14.2. The molecule has 13 heteroatoms. The molecule has 53 heavy (non-hydrogen) atoms. The normalized spacial score (nSPS) is 23.1. The van der Waals surface area contributed by atoms with Gasteiger partial charge in [0.2, 0.25) is 23.6 Å². The zero-order chi connectivity index (χ0) is 39.6. The zero-order valence-corrected chi connectivity index (χ0v) is 33.6. The summed E-state index contributed by atoms with van der Waals surface area (Å²) in [6.45, 7) is 12.8. The van der Waals surface area contributed by atoms with Crippen molar-refractivity contribution in [3.8, 4) is 0 Å². The number of likely N-dealkylation sites (N-methyl/N-ethyl adjacent to an activating group) is 2. The summed E-state index contributed by atoms with van der Waals surface area (Å²) in [4.78, 5) is 73.0. The molecule has 3 N–H and O–H groups in total. The highest BCUT2D eigenvalue weighted by atomic mass is 16.5. The van der Waals surface area contributed by atoms with Crippen molar-refractivity contribution in [1.82, 2.24) is 25.3 Å². The number of rotatable bonds is 19. The van der Waals surface area contributed by atoms with Crippen LogP contribution < -0.4 is 10.6 Å². The van der Waals surface area contributed by atoms with Gasteiger partial charge in [-0.05, 0) is 63.6 Å². The molecule has 298 valence electrons. The fraction of sp³-hybridized carbons (Fsp3) is 0.725. The van der Waals surface area contributed by atoms with Gasteiger partial charge >= 0.3 is 5.97 Å². The van der Waals surface area contributed by atoms with E-state index in [2.05, 4.69) is 10.6 Å². The summed E-state index contributed by atoms with van der Waals surface area (Å²) in [6, 6.07) is 6.34. The predicted octanol–water partition coefficient (Wildman–Crippen LogP) is 3.34. The number of amides is 4. The maximum Gasteiger partial charge on any atom is 0.326 e. The Morgan fingerprint density at radius 1 is 1.00 bits per heavy atom. The molecular weight excluding hydrogens is 678 g/mol. The summed E-state index contributed by atoms with van der Waals surface area (Å²) < 4.78 is 11.9. The Morgan fingerprint density at radius 2 is 1.66 bits per heavy atom. The Bertz CT molecular complexity index is 1390. The Labute approximate surface area is 316 Å². The molecule has 0 bridgehead atoms. The monoisotopic (exact) mass is 743 g/mol. The molecule has 1 unspecified atom stereocenters. The second-order valence-corrected chi connectivity index (χ2v) is 15.7. The Balaban J connectivity index is 1.77. The van der Waals surface area contributed by atoms with Crippen molar-refractivity contribution in [1.29, 1.82) is 0 Å². The summed E-state index contributed by atoms with van der Waals surface area (Å²) in [5, 5.41) is 15.6. The second kappa shape index (κ2) is 19.7. The summed E-state index contributed by atoms with van der Waals surface area (Å²) in [6.07, 6.45) is 2.48. The van der Waals surface area contributed by atoms with Gasteiger partial charge in [0.05, 0.1) is 42.2 Å². The number of ether oxygens (including phenoxy) is 2. The van der Waals surface area contributed by atoms with Gasteiger partial charge in [-0.25, -0.2) is 4.79 Å². The number of nitrogens with zero attached hydrogens (tertiary/aromatic N) is 3. The Kier molecular flexibility index (Phi) is 16.3. The number of aliphatic carboxylic acids is 1. The minimum absolute atomic E-state index is 0.00360. The smallest absolute Gasteiger partial charge is 0.326 e. The quantitative estimate of drug-likeness (QED) is 0.193. The molecule has 2 heterocycles. The molecule has 1 aromatic rings. The lowest BCUT2D eigenvalue weighted by Crippen LogP contribution is -2.61. The van der Waals surface area contributed by atoms with Crippen LogP contribution in [0.15, 0.2) is 30.3 Å². The topological polar surface area (TPSA) is 158 Å². The van der Waals surface area contributed by atoms with Crippen LogP contribution in [0.3, 0.4) is 0 Å². The van der Waals surface area contributed by atoms with Gasteiger partial charge in [0.15, 0.2) is 0 Å². The SMILES string of the molecule is CC[C@H](C)C([C@@H](CC(=O)N1CCC[C@H]1[C@H](OC)[C@@H](C)C(=O)N[C@@H](Cc1ccccc1)C(=O)O)OC)N(C)C(=O)[C@@H](NC(=O)[C@@]1(C)CCCN1C)C(C)C. The third-order valence-corrected chi connectivity index (χ3v) is 11.9. The molecule has 0 saturated carbocycles. The van der Waals surface area contributed by atoms with E-state index in [1.807, 2.05) is 76.9 Å². The third-order valence-electron chi connectivity index (χ3n) is 11.9. The summed E-state index contributed by atoms with van der Waals surface area (Å²) >= 11 is 0. The van der Waals surface area contributed by atoms with E-state index in [9.17, 15) is 29.1 Å². The molecule has 2 saturated heterocycles. The lowest BCUT2D eigenvalue weighted by Gasteiger charge is -2.41. The van der Waals surface area contributed by atoms with Crippen LogP contribution in [0, 0.1) is 17.8 Å². The molecule has 1 aromatic carbocycles. The molecule has 0 aliphatic carbocycles. The van der Waals surface area contributed by atoms with Gasteiger partial charge in [0, 0.05) is 34.2 Å². The van der Waals surface area contributed by atoms with Crippen molar-refractivity contribution in [2.45, 2.75) is 128 Å². The molecule has 3 rings (SSSR count). The molecule has 9 atom stereocenters. The van der Waals surface area contributed by atoms with Crippen LogP contribution in [0.4, 0.5) is 0 Å². The van der Waals surface area contributed by atoms with E-state index >= 15 is 0 Å². The van der Waals surface area contributed by atoms with Crippen molar-refractivity contribution in [3.63, 3.8) is 0 Å². The number of carbonyl (C=O) groups excluding carboxylic acids is 4. The lowest BCUT2D eigenvalue weighted by atomic mass is 9.89. The summed E-state index contributed by atoms with van der Waals surface area (Å²) in [5.41, 5.74) is 0.101.